The van der Waals surface area contributed by atoms with Crippen LogP contribution in [0.1, 0.15) is 12.8 Å². The van der Waals surface area contributed by atoms with Crippen LogP contribution < -0.4 is 4.90 Å². The first-order chi connectivity index (χ1) is 11.0. The van der Waals surface area contributed by atoms with E-state index in [0.29, 0.717) is 10.9 Å². The highest BCUT2D eigenvalue weighted by molar-refractivity contribution is 7.80. The molecule has 1 aromatic rings. The number of thiol groups is 1. The molecular formula is C16H24N4O2S. The fraction of sp³-hybridized carbons (Fsp3) is 0.625. The smallest absolute Gasteiger partial charge is 0.270 e. The van der Waals surface area contributed by atoms with Gasteiger partial charge in [0.05, 0.1) is 10.6 Å². The molecule has 0 unspecified atom stereocenters. The molecule has 0 amide bonds. The highest BCUT2D eigenvalue weighted by Crippen LogP contribution is 2.31. The fourth-order valence-corrected chi connectivity index (χ4v) is 3.90. The molecule has 0 saturated carbocycles. The summed E-state index contributed by atoms with van der Waals surface area (Å²) >= 11 is 4.44. The summed E-state index contributed by atoms with van der Waals surface area (Å²) in [7, 11) is 2.18. The Morgan fingerprint density at radius 2 is 1.78 bits per heavy atom. The minimum absolute atomic E-state index is 0.103. The molecule has 0 aliphatic carbocycles. The average molecular weight is 336 g/mol. The Morgan fingerprint density at radius 1 is 1.13 bits per heavy atom. The predicted molar refractivity (Wildman–Crippen MR) is 94.7 cm³/mol. The number of piperidine rings is 1. The van der Waals surface area contributed by atoms with E-state index in [9.17, 15) is 10.1 Å². The molecule has 126 valence electrons. The molecule has 0 aromatic heterocycles. The minimum atomic E-state index is -0.372. The van der Waals surface area contributed by atoms with Crippen LogP contribution in [0.5, 0.6) is 0 Å². The number of piperazine rings is 1. The van der Waals surface area contributed by atoms with Crippen molar-refractivity contribution >= 4 is 24.0 Å². The van der Waals surface area contributed by atoms with Gasteiger partial charge in [-0.25, -0.2) is 0 Å². The van der Waals surface area contributed by atoms with E-state index in [1.54, 1.807) is 12.1 Å². The van der Waals surface area contributed by atoms with E-state index < -0.39 is 0 Å². The normalized spacial score (nSPS) is 21.6. The van der Waals surface area contributed by atoms with E-state index in [2.05, 4.69) is 34.4 Å². The second-order valence-corrected chi connectivity index (χ2v) is 6.97. The highest BCUT2D eigenvalue weighted by Gasteiger charge is 2.27. The Labute approximate surface area is 142 Å². The van der Waals surface area contributed by atoms with E-state index in [-0.39, 0.29) is 10.6 Å². The maximum Gasteiger partial charge on any atom is 0.270 e. The number of rotatable bonds is 3. The van der Waals surface area contributed by atoms with Gasteiger partial charge in [0, 0.05) is 62.3 Å². The maximum atomic E-state index is 10.8. The second-order valence-electron chi connectivity index (χ2n) is 6.49. The minimum Gasteiger partial charge on any atom is -0.371 e. The summed E-state index contributed by atoms with van der Waals surface area (Å²) in [5, 5.41) is 10.8. The van der Waals surface area contributed by atoms with Gasteiger partial charge in [0.15, 0.2) is 0 Å². The molecule has 2 aliphatic rings. The number of nitro benzene ring substituents is 1. The van der Waals surface area contributed by atoms with Gasteiger partial charge in [-0.15, -0.1) is 12.6 Å². The molecule has 6 nitrogen and oxygen atoms in total. The van der Waals surface area contributed by atoms with Crippen molar-refractivity contribution in [1.82, 2.24) is 9.80 Å². The molecule has 0 bridgehead atoms. The largest absolute Gasteiger partial charge is 0.371 e. The Balaban J connectivity index is 1.59. The lowest BCUT2D eigenvalue weighted by Gasteiger charge is -2.42. The summed E-state index contributed by atoms with van der Waals surface area (Å²) in [5.41, 5.74) is 1.11. The first-order valence-corrected chi connectivity index (χ1v) is 8.64. The highest BCUT2D eigenvalue weighted by atomic mass is 32.1. The van der Waals surface area contributed by atoms with Gasteiger partial charge >= 0.3 is 0 Å². The van der Waals surface area contributed by atoms with Gasteiger partial charge in [-0.2, -0.15) is 0 Å². The van der Waals surface area contributed by atoms with Gasteiger partial charge in [0.25, 0.3) is 5.69 Å². The van der Waals surface area contributed by atoms with Crippen LogP contribution in [0.15, 0.2) is 23.1 Å². The van der Waals surface area contributed by atoms with Crippen molar-refractivity contribution in [3.63, 3.8) is 0 Å². The molecule has 7 heteroatoms. The summed E-state index contributed by atoms with van der Waals surface area (Å²) in [6.07, 6.45) is 2.29. The number of benzene rings is 1. The summed E-state index contributed by atoms with van der Waals surface area (Å²) < 4.78 is 0. The van der Waals surface area contributed by atoms with Crippen LogP contribution in [0.3, 0.4) is 0 Å². The van der Waals surface area contributed by atoms with Crippen LogP contribution in [0.25, 0.3) is 0 Å². The standard InChI is InChI=1S/C16H24N4O2S/c1-17-8-10-18(11-9-17)13-4-6-19(7-5-13)15-3-2-14(20(21)22)12-16(15)23/h2-3,12-13,23H,4-11H2,1H3. The molecule has 0 N–H and O–H groups in total. The van der Waals surface area contributed by atoms with E-state index in [1.165, 1.54) is 0 Å². The molecule has 2 aliphatic heterocycles. The lowest BCUT2D eigenvalue weighted by molar-refractivity contribution is -0.385. The molecule has 1 aromatic carbocycles. The number of nitrogens with zero attached hydrogens (tertiary/aromatic N) is 4. The molecule has 2 saturated heterocycles. The van der Waals surface area contributed by atoms with Crippen LogP contribution in [0.4, 0.5) is 11.4 Å². The van der Waals surface area contributed by atoms with E-state index in [1.807, 2.05) is 6.07 Å². The third kappa shape index (κ3) is 3.79. The SMILES string of the molecule is CN1CCN(C2CCN(c3ccc([N+](=O)[O-])cc3S)CC2)CC1. The van der Waals surface area contributed by atoms with Crippen molar-refractivity contribution in [2.75, 3.05) is 51.2 Å². The Bertz CT molecular complexity index is 567. The van der Waals surface area contributed by atoms with Gasteiger partial charge < -0.3 is 9.80 Å². The predicted octanol–water partition coefficient (Wildman–Crippen LogP) is 2.10. The van der Waals surface area contributed by atoms with Gasteiger partial charge in [-0.1, -0.05) is 0 Å². The molecule has 0 radical (unpaired) electrons. The first-order valence-electron chi connectivity index (χ1n) is 8.19. The van der Waals surface area contributed by atoms with Crippen LogP contribution >= 0.6 is 12.6 Å². The molecule has 0 spiro atoms. The first kappa shape index (κ1) is 16.5. The van der Waals surface area contributed by atoms with E-state index >= 15 is 0 Å². The van der Waals surface area contributed by atoms with Crippen molar-refractivity contribution in [2.45, 2.75) is 23.8 Å². The third-order valence-electron chi connectivity index (χ3n) is 5.03. The van der Waals surface area contributed by atoms with Crippen molar-refractivity contribution in [3.05, 3.63) is 28.3 Å². The van der Waals surface area contributed by atoms with Crippen molar-refractivity contribution in [1.29, 1.82) is 0 Å². The number of hydrogen-bond acceptors (Lipinski definition) is 6. The summed E-state index contributed by atoms with van der Waals surface area (Å²) in [5.74, 6) is 0. The number of nitro groups is 1. The Morgan fingerprint density at radius 3 is 2.35 bits per heavy atom. The summed E-state index contributed by atoms with van der Waals surface area (Å²) in [4.78, 5) is 18.5. The number of hydrogen-bond donors (Lipinski definition) is 1. The number of anilines is 1. The van der Waals surface area contributed by atoms with Crippen molar-refractivity contribution in [3.8, 4) is 0 Å². The zero-order valence-electron chi connectivity index (χ0n) is 13.5. The lowest BCUT2D eigenvalue weighted by Crippen LogP contribution is -2.52. The molecule has 0 atom stereocenters. The molecule has 2 fully saturated rings. The van der Waals surface area contributed by atoms with Crippen molar-refractivity contribution in [2.24, 2.45) is 0 Å². The topological polar surface area (TPSA) is 52.9 Å². The maximum absolute atomic E-state index is 10.8. The number of non-ortho nitro benzene ring substituents is 1. The third-order valence-corrected chi connectivity index (χ3v) is 5.39. The lowest BCUT2D eigenvalue weighted by atomic mass is 10.0. The Hall–Kier alpha value is -1.31. The quantitative estimate of drug-likeness (QED) is 0.520. The van der Waals surface area contributed by atoms with Crippen LogP contribution in [0, 0.1) is 10.1 Å². The summed E-state index contributed by atoms with van der Waals surface area (Å²) in [6.45, 7) is 6.62. The van der Waals surface area contributed by atoms with Gasteiger partial charge in [-0.05, 0) is 26.0 Å². The van der Waals surface area contributed by atoms with Crippen LogP contribution in [-0.2, 0) is 0 Å². The Kier molecular flexibility index (Phi) is 5.08. The van der Waals surface area contributed by atoms with Crippen LogP contribution in [0.2, 0.25) is 0 Å². The van der Waals surface area contributed by atoms with Gasteiger partial charge in [0.2, 0.25) is 0 Å². The fourth-order valence-electron chi connectivity index (χ4n) is 3.55. The van der Waals surface area contributed by atoms with Gasteiger partial charge in [-0.3, -0.25) is 15.0 Å². The van der Waals surface area contributed by atoms with E-state index in [4.69, 9.17) is 0 Å². The number of likely N-dealkylation sites (N-methyl/N-ethyl adjacent to an activating group) is 1. The molecule has 2 heterocycles. The van der Waals surface area contributed by atoms with Gasteiger partial charge in [0.1, 0.15) is 0 Å². The zero-order chi connectivity index (χ0) is 16.4. The summed E-state index contributed by atoms with van der Waals surface area (Å²) in [6, 6.07) is 5.62. The molecular weight excluding hydrogens is 312 g/mol. The van der Waals surface area contributed by atoms with Crippen molar-refractivity contribution < 1.29 is 4.92 Å². The second kappa shape index (κ2) is 7.07. The average Bonchev–Trinajstić information content (AvgIpc) is 2.56. The molecule has 23 heavy (non-hydrogen) atoms. The zero-order valence-corrected chi connectivity index (χ0v) is 14.4. The molecule has 3 rings (SSSR count). The monoisotopic (exact) mass is 336 g/mol. The van der Waals surface area contributed by atoms with Crippen LogP contribution in [-0.4, -0.2) is 67.1 Å². The van der Waals surface area contributed by atoms with E-state index in [0.717, 1.165) is 57.8 Å².